The van der Waals surface area contributed by atoms with Crippen LogP contribution in [0.2, 0.25) is 0 Å². The van der Waals surface area contributed by atoms with Crippen molar-refractivity contribution in [1.82, 2.24) is 0 Å². The Kier molecular flexibility index (Phi) is 4.96. The van der Waals surface area contributed by atoms with Gasteiger partial charge >= 0.3 is 5.97 Å². The Bertz CT molecular complexity index is 220. The normalized spacial score (nSPS) is 11.9. The first kappa shape index (κ1) is 11.8. The third kappa shape index (κ3) is 3.83. The second-order valence-corrected chi connectivity index (χ2v) is 2.83. The molecular weight excluding hydrogens is 172 g/mol. The summed E-state index contributed by atoms with van der Waals surface area (Å²) in [5.41, 5.74) is 0. The highest BCUT2D eigenvalue weighted by Crippen LogP contribution is 2.10. The van der Waals surface area contributed by atoms with Crippen molar-refractivity contribution in [1.29, 1.82) is 0 Å². The third-order valence-corrected chi connectivity index (χ3v) is 1.91. The summed E-state index contributed by atoms with van der Waals surface area (Å²) in [6, 6.07) is 0. The van der Waals surface area contributed by atoms with Crippen LogP contribution in [-0.2, 0) is 19.1 Å². The summed E-state index contributed by atoms with van der Waals surface area (Å²) >= 11 is 0. The van der Waals surface area contributed by atoms with Crippen molar-refractivity contribution in [3.63, 3.8) is 0 Å². The number of rotatable bonds is 5. The summed E-state index contributed by atoms with van der Waals surface area (Å²) in [5, 5.41) is 0. The van der Waals surface area contributed by atoms with Gasteiger partial charge in [-0.3, -0.25) is 9.59 Å². The zero-order valence-corrected chi connectivity index (χ0v) is 8.12. The number of carbonyl (C=O) groups excluding carboxylic acids is 3. The second-order valence-electron chi connectivity index (χ2n) is 2.83. The second kappa shape index (κ2) is 5.45. The Labute approximate surface area is 77.3 Å². The molecule has 0 spiro atoms. The zero-order valence-electron chi connectivity index (χ0n) is 8.12. The molecule has 1 atom stereocenters. The molecule has 0 amide bonds. The van der Waals surface area contributed by atoms with Gasteiger partial charge in [0.15, 0.2) is 0 Å². The molecule has 0 aliphatic rings. The van der Waals surface area contributed by atoms with E-state index in [-0.39, 0.29) is 18.1 Å². The molecule has 1 unspecified atom stereocenters. The topological polar surface area (TPSA) is 60.4 Å². The van der Waals surface area contributed by atoms with E-state index in [1.807, 2.05) is 0 Å². The van der Waals surface area contributed by atoms with Crippen molar-refractivity contribution in [2.24, 2.45) is 5.92 Å². The van der Waals surface area contributed by atoms with E-state index in [0.717, 1.165) is 7.11 Å². The van der Waals surface area contributed by atoms with Crippen LogP contribution in [0.5, 0.6) is 0 Å². The molecule has 0 radical (unpaired) electrons. The van der Waals surface area contributed by atoms with Gasteiger partial charge in [0.1, 0.15) is 5.78 Å². The van der Waals surface area contributed by atoms with Gasteiger partial charge in [-0.2, -0.15) is 0 Å². The van der Waals surface area contributed by atoms with E-state index < -0.39 is 11.8 Å². The van der Waals surface area contributed by atoms with Gasteiger partial charge in [0.05, 0.1) is 7.11 Å². The maximum Gasteiger partial charge on any atom is 0.374 e. The lowest BCUT2D eigenvalue weighted by Gasteiger charge is -2.08. The molecule has 0 bridgehead atoms. The van der Waals surface area contributed by atoms with Crippen LogP contribution in [0.4, 0.5) is 0 Å². The predicted molar refractivity (Wildman–Crippen MR) is 46.1 cm³/mol. The van der Waals surface area contributed by atoms with Gasteiger partial charge in [-0.05, 0) is 13.3 Å². The molecule has 4 nitrogen and oxygen atoms in total. The van der Waals surface area contributed by atoms with Crippen molar-refractivity contribution in [2.45, 2.75) is 26.7 Å². The first-order chi connectivity index (χ1) is 6.02. The zero-order chi connectivity index (χ0) is 10.4. The lowest BCUT2D eigenvalue weighted by molar-refractivity contribution is -0.152. The van der Waals surface area contributed by atoms with E-state index in [0.29, 0.717) is 6.42 Å². The van der Waals surface area contributed by atoms with Crippen LogP contribution in [-0.4, -0.2) is 24.6 Å². The third-order valence-electron chi connectivity index (χ3n) is 1.91. The Hall–Kier alpha value is -1.19. The summed E-state index contributed by atoms with van der Waals surface area (Å²) in [5.74, 6) is -1.93. The van der Waals surface area contributed by atoms with Crippen molar-refractivity contribution in [3.05, 3.63) is 0 Å². The van der Waals surface area contributed by atoms with Crippen LogP contribution in [0.3, 0.4) is 0 Å². The number of ketones is 2. The molecular formula is C9H14O4. The SMILES string of the molecule is CCC(CC(=O)C(=O)OC)C(C)=O. The molecule has 0 aliphatic heterocycles. The quantitative estimate of drug-likeness (QED) is 0.469. The smallest absolute Gasteiger partial charge is 0.374 e. The first-order valence-corrected chi connectivity index (χ1v) is 4.14. The largest absolute Gasteiger partial charge is 0.463 e. The van der Waals surface area contributed by atoms with E-state index in [9.17, 15) is 14.4 Å². The molecule has 0 heterocycles. The number of hydrogen-bond donors (Lipinski definition) is 0. The molecule has 0 fully saturated rings. The minimum Gasteiger partial charge on any atom is -0.463 e. The molecule has 74 valence electrons. The molecule has 0 saturated heterocycles. The molecule has 0 N–H and O–H groups in total. The summed E-state index contributed by atoms with van der Waals surface area (Å²) < 4.78 is 4.24. The lowest BCUT2D eigenvalue weighted by atomic mass is 9.96. The summed E-state index contributed by atoms with van der Waals surface area (Å²) in [6.07, 6.45) is 0.524. The van der Waals surface area contributed by atoms with Crippen LogP contribution in [0.1, 0.15) is 26.7 Å². The average molecular weight is 186 g/mol. The van der Waals surface area contributed by atoms with E-state index in [1.54, 1.807) is 6.92 Å². The first-order valence-electron chi connectivity index (χ1n) is 4.14. The number of Topliss-reactive ketones (excluding diaryl/α,β-unsaturated/α-hetero) is 2. The highest BCUT2D eigenvalue weighted by atomic mass is 16.5. The summed E-state index contributed by atoms with van der Waals surface area (Å²) in [7, 11) is 1.15. The Balaban J connectivity index is 4.17. The maximum absolute atomic E-state index is 11.0. The van der Waals surface area contributed by atoms with Crippen LogP contribution in [0, 0.1) is 5.92 Å². The maximum atomic E-state index is 11.0. The molecule has 4 heteroatoms. The molecule has 0 aromatic heterocycles. The van der Waals surface area contributed by atoms with Crippen LogP contribution >= 0.6 is 0 Å². The Morgan fingerprint density at radius 3 is 2.15 bits per heavy atom. The molecule has 0 saturated carbocycles. The van der Waals surface area contributed by atoms with Crippen molar-refractivity contribution >= 4 is 17.5 Å². The predicted octanol–water partition coefficient (Wildman–Crippen LogP) is 0.734. The highest BCUT2D eigenvalue weighted by Gasteiger charge is 2.21. The van der Waals surface area contributed by atoms with Gasteiger partial charge in [0.2, 0.25) is 5.78 Å². The fraction of sp³-hybridized carbons (Fsp3) is 0.667. The lowest BCUT2D eigenvalue weighted by Crippen LogP contribution is -2.22. The Morgan fingerprint density at radius 1 is 1.31 bits per heavy atom. The number of methoxy groups -OCH3 is 1. The van der Waals surface area contributed by atoms with Crippen LogP contribution in [0.25, 0.3) is 0 Å². The van der Waals surface area contributed by atoms with E-state index in [2.05, 4.69) is 4.74 Å². The van der Waals surface area contributed by atoms with Crippen molar-refractivity contribution in [2.75, 3.05) is 7.11 Å². The van der Waals surface area contributed by atoms with Gasteiger partial charge in [0, 0.05) is 12.3 Å². The van der Waals surface area contributed by atoms with Crippen LogP contribution in [0.15, 0.2) is 0 Å². The monoisotopic (exact) mass is 186 g/mol. The molecule has 0 aromatic rings. The Morgan fingerprint density at radius 2 is 1.85 bits per heavy atom. The molecule has 0 aliphatic carbocycles. The molecule has 0 rings (SSSR count). The molecule has 0 aromatic carbocycles. The van der Waals surface area contributed by atoms with Gasteiger partial charge < -0.3 is 4.74 Å². The van der Waals surface area contributed by atoms with Crippen molar-refractivity contribution in [3.8, 4) is 0 Å². The highest BCUT2D eigenvalue weighted by molar-refractivity contribution is 6.33. The number of ether oxygens (including phenoxy) is 1. The van der Waals surface area contributed by atoms with Gasteiger partial charge in [-0.1, -0.05) is 6.92 Å². The van der Waals surface area contributed by atoms with Gasteiger partial charge in [-0.25, -0.2) is 4.79 Å². The standard InChI is InChI=1S/C9H14O4/c1-4-7(6(2)10)5-8(11)9(12)13-3/h7H,4-5H2,1-3H3. The fourth-order valence-electron chi connectivity index (χ4n) is 0.996. The minimum absolute atomic E-state index is 0.0431. The van der Waals surface area contributed by atoms with E-state index in [4.69, 9.17) is 0 Å². The van der Waals surface area contributed by atoms with E-state index in [1.165, 1.54) is 6.92 Å². The fourth-order valence-corrected chi connectivity index (χ4v) is 0.996. The number of esters is 1. The minimum atomic E-state index is -0.875. The average Bonchev–Trinajstić information content (AvgIpc) is 2.11. The number of hydrogen-bond acceptors (Lipinski definition) is 4. The van der Waals surface area contributed by atoms with Gasteiger partial charge in [-0.15, -0.1) is 0 Å². The molecule has 13 heavy (non-hydrogen) atoms. The van der Waals surface area contributed by atoms with Gasteiger partial charge in [0.25, 0.3) is 0 Å². The number of carbonyl (C=O) groups is 3. The van der Waals surface area contributed by atoms with Crippen molar-refractivity contribution < 1.29 is 19.1 Å². The van der Waals surface area contributed by atoms with Crippen LogP contribution < -0.4 is 0 Å². The summed E-state index contributed by atoms with van der Waals surface area (Å²) in [4.78, 5) is 32.6. The summed E-state index contributed by atoms with van der Waals surface area (Å²) in [6.45, 7) is 3.22. The van der Waals surface area contributed by atoms with E-state index >= 15 is 0 Å².